The number of piperidine rings is 1. The van der Waals surface area contributed by atoms with Gasteiger partial charge in [0.25, 0.3) is 0 Å². The van der Waals surface area contributed by atoms with Crippen molar-refractivity contribution < 1.29 is 9.84 Å². The van der Waals surface area contributed by atoms with E-state index < -0.39 is 11.6 Å². The molecule has 176 valence electrons. The lowest BCUT2D eigenvalue weighted by Gasteiger charge is -2.48. The van der Waals surface area contributed by atoms with Crippen LogP contribution in [0, 0.1) is 0 Å². The van der Waals surface area contributed by atoms with Gasteiger partial charge < -0.3 is 9.84 Å². The van der Waals surface area contributed by atoms with E-state index >= 15 is 0 Å². The normalized spacial score (nSPS) is 21.6. The Morgan fingerprint density at radius 2 is 1.26 bits per heavy atom. The van der Waals surface area contributed by atoms with Crippen molar-refractivity contribution in [2.24, 2.45) is 0 Å². The third-order valence-electron chi connectivity index (χ3n) is 7.24. The molecule has 34 heavy (non-hydrogen) atoms. The highest BCUT2D eigenvalue weighted by Crippen LogP contribution is 2.44. The molecular weight excluding hydrogens is 420 g/mol. The summed E-state index contributed by atoms with van der Waals surface area (Å²) in [4.78, 5) is 4.96. The molecule has 2 aliphatic rings. The van der Waals surface area contributed by atoms with Gasteiger partial charge in [-0.05, 0) is 28.7 Å². The molecule has 1 N–H and O–H groups in total. The number of nitrogens with zero attached hydrogens (tertiary/aromatic N) is 2. The third-order valence-corrected chi connectivity index (χ3v) is 7.24. The maximum Gasteiger partial charge on any atom is 0.0975 e. The van der Waals surface area contributed by atoms with Crippen LogP contribution in [0.25, 0.3) is 0 Å². The van der Waals surface area contributed by atoms with E-state index in [1.165, 1.54) is 16.7 Å². The topological polar surface area (TPSA) is 35.9 Å². The Morgan fingerprint density at radius 3 is 1.76 bits per heavy atom. The van der Waals surface area contributed by atoms with Gasteiger partial charge in [0.05, 0.1) is 24.9 Å². The van der Waals surface area contributed by atoms with E-state index in [1.807, 2.05) is 0 Å². The van der Waals surface area contributed by atoms with Gasteiger partial charge in [-0.15, -0.1) is 0 Å². The second-order valence-electron chi connectivity index (χ2n) is 9.23. The largest absolute Gasteiger partial charge is 0.389 e. The zero-order chi connectivity index (χ0) is 23.2. The van der Waals surface area contributed by atoms with E-state index in [0.717, 1.165) is 57.9 Å². The number of likely N-dealkylation sites (tertiary alicyclic amines) is 1. The van der Waals surface area contributed by atoms with Crippen LogP contribution in [0.3, 0.4) is 0 Å². The van der Waals surface area contributed by atoms with Crippen molar-refractivity contribution in [2.45, 2.75) is 18.1 Å². The highest BCUT2D eigenvalue weighted by atomic mass is 16.5. The molecule has 4 heteroatoms. The monoisotopic (exact) mass is 454 g/mol. The molecule has 1 atom stereocenters. The predicted molar refractivity (Wildman–Crippen MR) is 137 cm³/mol. The second-order valence-corrected chi connectivity index (χ2v) is 9.23. The van der Waals surface area contributed by atoms with E-state index in [9.17, 15) is 5.11 Å². The summed E-state index contributed by atoms with van der Waals surface area (Å²) in [6.45, 7) is 5.88. The number of ether oxygens (including phenoxy) is 1. The van der Waals surface area contributed by atoms with Gasteiger partial charge in [-0.1, -0.05) is 97.1 Å². The summed E-state index contributed by atoms with van der Waals surface area (Å²) in [6.07, 6.45) is 2.59. The van der Waals surface area contributed by atoms with Crippen LogP contribution in [-0.2, 0) is 10.3 Å². The number of aliphatic hydroxyl groups is 1. The van der Waals surface area contributed by atoms with Gasteiger partial charge in [0.15, 0.2) is 0 Å². The number of rotatable bonds is 6. The van der Waals surface area contributed by atoms with E-state index in [-0.39, 0.29) is 0 Å². The van der Waals surface area contributed by atoms with Crippen molar-refractivity contribution in [3.05, 3.63) is 119 Å². The summed E-state index contributed by atoms with van der Waals surface area (Å²) in [5.74, 6) is 0. The SMILES string of the molecule is OC1CCN(C(c2ccccc2)(c2ccccc2)c2ccccc2)C/C1=C\CN1CCOCC1. The molecule has 2 fully saturated rings. The van der Waals surface area contributed by atoms with Crippen LogP contribution in [0.1, 0.15) is 23.1 Å². The summed E-state index contributed by atoms with van der Waals surface area (Å²) in [5, 5.41) is 11.0. The van der Waals surface area contributed by atoms with E-state index in [4.69, 9.17) is 4.74 Å². The van der Waals surface area contributed by atoms with Gasteiger partial charge in [0, 0.05) is 32.7 Å². The maximum atomic E-state index is 11.0. The van der Waals surface area contributed by atoms with Gasteiger partial charge in [-0.25, -0.2) is 0 Å². The summed E-state index contributed by atoms with van der Waals surface area (Å²) >= 11 is 0. The van der Waals surface area contributed by atoms with Crippen LogP contribution in [0.15, 0.2) is 103 Å². The minimum absolute atomic E-state index is 0.391. The second kappa shape index (κ2) is 10.7. The van der Waals surface area contributed by atoms with Crippen molar-refractivity contribution in [2.75, 3.05) is 45.9 Å². The van der Waals surface area contributed by atoms with Crippen LogP contribution < -0.4 is 0 Å². The van der Waals surface area contributed by atoms with Crippen LogP contribution in [-0.4, -0.2) is 66.9 Å². The highest BCUT2D eigenvalue weighted by molar-refractivity contribution is 5.50. The Kier molecular flexibility index (Phi) is 7.21. The fourth-order valence-electron chi connectivity index (χ4n) is 5.47. The van der Waals surface area contributed by atoms with Crippen LogP contribution >= 0.6 is 0 Å². The molecule has 0 amide bonds. The number of hydrogen-bond donors (Lipinski definition) is 1. The molecule has 2 aliphatic heterocycles. The summed E-state index contributed by atoms with van der Waals surface area (Å²) < 4.78 is 5.50. The molecule has 1 unspecified atom stereocenters. The Labute approximate surface area is 203 Å². The predicted octanol–water partition coefficient (Wildman–Crippen LogP) is 4.30. The lowest BCUT2D eigenvalue weighted by Crippen LogP contribution is -2.53. The fraction of sp³-hybridized carbons (Fsp3) is 0.333. The molecule has 4 nitrogen and oxygen atoms in total. The third kappa shape index (κ3) is 4.59. The molecule has 2 heterocycles. The Morgan fingerprint density at radius 1 is 0.765 bits per heavy atom. The first-order valence-electron chi connectivity index (χ1n) is 12.4. The smallest absolute Gasteiger partial charge is 0.0975 e. The number of benzene rings is 3. The molecule has 0 aromatic heterocycles. The number of hydrogen-bond acceptors (Lipinski definition) is 4. The number of aliphatic hydroxyl groups excluding tert-OH is 1. The average Bonchev–Trinajstić information content (AvgIpc) is 2.92. The first kappa shape index (κ1) is 23.0. The molecule has 3 aromatic rings. The van der Waals surface area contributed by atoms with E-state index in [1.54, 1.807) is 0 Å². The Bertz CT molecular complexity index is 966. The van der Waals surface area contributed by atoms with Gasteiger partial charge in [-0.2, -0.15) is 0 Å². The Balaban J connectivity index is 1.59. The van der Waals surface area contributed by atoms with Gasteiger partial charge in [0.2, 0.25) is 0 Å². The van der Waals surface area contributed by atoms with Crippen molar-refractivity contribution in [1.29, 1.82) is 0 Å². The lowest BCUT2D eigenvalue weighted by atomic mass is 9.74. The van der Waals surface area contributed by atoms with Gasteiger partial charge >= 0.3 is 0 Å². The van der Waals surface area contributed by atoms with Crippen molar-refractivity contribution in [3.8, 4) is 0 Å². The summed E-state index contributed by atoms with van der Waals surface area (Å²) in [6, 6.07) is 32.4. The van der Waals surface area contributed by atoms with E-state index in [0.29, 0.717) is 0 Å². The van der Waals surface area contributed by atoms with Crippen LogP contribution in [0.5, 0.6) is 0 Å². The molecule has 0 radical (unpaired) electrons. The Hall–Kier alpha value is -2.76. The lowest BCUT2D eigenvalue weighted by molar-refractivity contribution is 0.0426. The molecular formula is C30H34N2O2. The molecule has 2 saturated heterocycles. The zero-order valence-corrected chi connectivity index (χ0v) is 19.7. The average molecular weight is 455 g/mol. The maximum absolute atomic E-state index is 11.0. The molecule has 3 aromatic carbocycles. The van der Waals surface area contributed by atoms with E-state index in [2.05, 4.69) is 107 Å². The van der Waals surface area contributed by atoms with Crippen LogP contribution in [0.4, 0.5) is 0 Å². The standard InChI is InChI=1S/C30H34N2O2/c33-29-17-19-32(24-25(29)16-18-31-20-22-34-23-21-31)30(26-10-4-1-5-11-26,27-12-6-2-7-13-27)28-14-8-3-9-15-28/h1-16,29,33H,17-24H2/b25-16+. The summed E-state index contributed by atoms with van der Waals surface area (Å²) in [5.41, 5.74) is 4.41. The highest BCUT2D eigenvalue weighted by Gasteiger charge is 2.44. The minimum atomic E-state index is -0.442. The number of morpholine rings is 1. The zero-order valence-electron chi connectivity index (χ0n) is 19.7. The molecule has 0 saturated carbocycles. The minimum Gasteiger partial charge on any atom is -0.389 e. The molecule has 5 rings (SSSR count). The first-order chi connectivity index (χ1) is 16.8. The van der Waals surface area contributed by atoms with Crippen LogP contribution in [0.2, 0.25) is 0 Å². The van der Waals surface area contributed by atoms with Crippen molar-refractivity contribution >= 4 is 0 Å². The quantitative estimate of drug-likeness (QED) is 0.445. The molecule has 0 bridgehead atoms. The van der Waals surface area contributed by atoms with Gasteiger partial charge in [-0.3, -0.25) is 9.80 Å². The van der Waals surface area contributed by atoms with Crippen molar-refractivity contribution in [3.63, 3.8) is 0 Å². The van der Waals surface area contributed by atoms with Crippen molar-refractivity contribution in [1.82, 2.24) is 9.80 Å². The molecule has 0 aliphatic carbocycles. The fourth-order valence-corrected chi connectivity index (χ4v) is 5.47. The van der Waals surface area contributed by atoms with Gasteiger partial charge in [0.1, 0.15) is 0 Å². The molecule has 0 spiro atoms. The first-order valence-corrected chi connectivity index (χ1v) is 12.4. The summed E-state index contributed by atoms with van der Waals surface area (Å²) in [7, 11) is 0.